The molecular weight excluding hydrogens is 468 g/mol. The van der Waals surface area contributed by atoms with Crippen molar-refractivity contribution in [2.45, 2.75) is 138 Å². The molecule has 2 N–H and O–H groups in total. The van der Waals surface area contributed by atoms with E-state index in [1.54, 1.807) is 0 Å². The van der Waals surface area contributed by atoms with E-state index >= 15 is 0 Å². The standard InChI is InChI=1S/C35H62O3/c1-24(9-10-25(23-37)38-22-21-36)26-13-18-32(4)27(26)14-19-34(6)29(32)11-12-30-33(5)17-8-16-31(2,3)28(33)15-20-35(30,34)7/h24-30,36-37H,8-23H2,1-7H3/t24?,25?,26?,27?,28?,29?,30?,32-,33-,34+,35+/m0/s1. The first-order chi connectivity index (χ1) is 17.9. The van der Waals surface area contributed by atoms with Crippen LogP contribution in [0.5, 0.6) is 0 Å². The first-order valence-corrected chi connectivity index (χ1v) is 16.7. The predicted octanol–water partition coefficient (Wildman–Crippen LogP) is 8.26. The molecule has 0 radical (unpaired) electrons. The maximum Gasteiger partial charge on any atom is 0.0807 e. The fourth-order valence-corrected chi connectivity index (χ4v) is 13.1. The number of hydrogen-bond donors (Lipinski definition) is 2. The third kappa shape index (κ3) is 4.29. The fraction of sp³-hybridized carbons (Fsp3) is 1.00. The Morgan fingerprint density at radius 3 is 2.03 bits per heavy atom. The molecule has 0 heterocycles. The summed E-state index contributed by atoms with van der Waals surface area (Å²) in [5.74, 6) is 5.06. The van der Waals surface area contributed by atoms with Gasteiger partial charge in [0.05, 0.1) is 25.9 Å². The Kier molecular flexibility index (Phi) is 7.97. The van der Waals surface area contributed by atoms with Crippen LogP contribution in [0.4, 0.5) is 0 Å². The summed E-state index contributed by atoms with van der Waals surface area (Å²) >= 11 is 0. The van der Waals surface area contributed by atoms with E-state index < -0.39 is 0 Å². The number of fused-ring (bicyclic) bond motifs is 7. The lowest BCUT2D eigenvalue weighted by Crippen LogP contribution is -2.65. The second-order valence-corrected chi connectivity index (χ2v) is 16.8. The lowest BCUT2D eigenvalue weighted by Gasteiger charge is -2.73. The van der Waals surface area contributed by atoms with Crippen molar-refractivity contribution in [1.82, 2.24) is 0 Å². The summed E-state index contributed by atoms with van der Waals surface area (Å²) in [7, 11) is 0. The number of aliphatic hydroxyl groups is 2. The van der Waals surface area contributed by atoms with Gasteiger partial charge in [-0.1, -0.05) is 54.9 Å². The topological polar surface area (TPSA) is 49.7 Å². The molecule has 5 aliphatic rings. The highest BCUT2D eigenvalue weighted by molar-refractivity contribution is 5.19. The average Bonchev–Trinajstić information content (AvgIpc) is 3.21. The monoisotopic (exact) mass is 530 g/mol. The number of ether oxygens (including phenoxy) is 1. The smallest absolute Gasteiger partial charge is 0.0807 e. The summed E-state index contributed by atoms with van der Waals surface area (Å²) in [6, 6.07) is 0. The van der Waals surface area contributed by atoms with Gasteiger partial charge in [-0.25, -0.2) is 0 Å². The SMILES string of the molecule is CC(CCC(CO)OCCO)C1CC[C@@]2(C)C1CC[C@]1(C)C2CCC2[C@@]3(C)CCCC(C)(C)C3CC[C@]21C. The van der Waals surface area contributed by atoms with E-state index in [1.807, 2.05) is 0 Å². The number of aliphatic hydroxyl groups excluding tert-OH is 2. The Bertz CT molecular complexity index is 839. The molecule has 0 aromatic carbocycles. The minimum atomic E-state index is -0.122. The largest absolute Gasteiger partial charge is 0.394 e. The molecule has 0 spiro atoms. The van der Waals surface area contributed by atoms with E-state index in [9.17, 15) is 5.11 Å². The van der Waals surface area contributed by atoms with Crippen molar-refractivity contribution in [3.63, 3.8) is 0 Å². The van der Waals surface area contributed by atoms with Crippen LogP contribution in [0.25, 0.3) is 0 Å². The molecule has 5 saturated carbocycles. The van der Waals surface area contributed by atoms with Gasteiger partial charge in [0.1, 0.15) is 0 Å². The Labute approximate surface area is 235 Å². The van der Waals surface area contributed by atoms with Crippen LogP contribution in [0.15, 0.2) is 0 Å². The molecule has 0 aromatic rings. The van der Waals surface area contributed by atoms with Crippen molar-refractivity contribution in [2.24, 2.45) is 62.6 Å². The Morgan fingerprint density at radius 1 is 0.711 bits per heavy atom. The van der Waals surface area contributed by atoms with Gasteiger partial charge in [-0.2, -0.15) is 0 Å². The summed E-state index contributed by atoms with van der Waals surface area (Å²) in [6.07, 6.45) is 17.8. The van der Waals surface area contributed by atoms with Gasteiger partial charge >= 0.3 is 0 Å². The van der Waals surface area contributed by atoms with E-state index in [4.69, 9.17) is 9.84 Å². The second kappa shape index (κ2) is 10.3. The van der Waals surface area contributed by atoms with E-state index in [-0.39, 0.29) is 19.3 Å². The molecule has 5 fully saturated rings. The molecule has 11 atom stereocenters. The van der Waals surface area contributed by atoms with Crippen LogP contribution in [0.2, 0.25) is 0 Å². The van der Waals surface area contributed by atoms with Gasteiger partial charge in [0.2, 0.25) is 0 Å². The zero-order valence-corrected chi connectivity index (χ0v) is 26.2. The van der Waals surface area contributed by atoms with E-state index in [0.717, 1.165) is 42.4 Å². The Balaban J connectivity index is 1.34. The molecule has 0 bridgehead atoms. The van der Waals surface area contributed by atoms with Crippen molar-refractivity contribution < 1.29 is 14.9 Å². The van der Waals surface area contributed by atoms with Crippen molar-refractivity contribution >= 4 is 0 Å². The molecule has 5 aliphatic carbocycles. The maximum absolute atomic E-state index is 9.75. The van der Waals surface area contributed by atoms with E-state index in [2.05, 4.69) is 48.5 Å². The van der Waals surface area contributed by atoms with Crippen molar-refractivity contribution in [2.75, 3.05) is 19.8 Å². The highest BCUT2D eigenvalue weighted by Gasteiger charge is 2.70. The van der Waals surface area contributed by atoms with Crippen LogP contribution in [0.3, 0.4) is 0 Å². The predicted molar refractivity (Wildman–Crippen MR) is 157 cm³/mol. The lowest BCUT2D eigenvalue weighted by atomic mass is 9.32. The quantitative estimate of drug-likeness (QED) is 0.332. The third-order valence-electron chi connectivity index (χ3n) is 15.1. The number of rotatable bonds is 8. The van der Waals surface area contributed by atoms with Gasteiger partial charge in [-0.15, -0.1) is 0 Å². The molecule has 0 aromatic heterocycles. The third-order valence-corrected chi connectivity index (χ3v) is 15.1. The van der Waals surface area contributed by atoms with Crippen LogP contribution in [0, 0.1) is 62.6 Å². The molecule has 3 nitrogen and oxygen atoms in total. The molecule has 7 unspecified atom stereocenters. The zero-order chi connectivity index (χ0) is 27.6. The highest BCUT2D eigenvalue weighted by Crippen LogP contribution is 2.78. The van der Waals surface area contributed by atoms with Crippen LogP contribution < -0.4 is 0 Å². The van der Waals surface area contributed by atoms with Crippen LogP contribution in [0.1, 0.15) is 132 Å². The molecule has 0 saturated heterocycles. The molecule has 3 heteroatoms. The van der Waals surface area contributed by atoms with Gasteiger partial charge in [0.25, 0.3) is 0 Å². The summed E-state index contributed by atoms with van der Waals surface area (Å²) in [5, 5.41) is 18.9. The lowest BCUT2D eigenvalue weighted by molar-refractivity contribution is -0.241. The number of hydrogen-bond acceptors (Lipinski definition) is 3. The molecule has 0 aliphatic heterocycles. The van der Waals surface area contributed by atoms with Crippen molar-refractivity contribution in [3.8, 4) is 0 Å². The molecule has 0 amide bonds. The van der Waals surface area contributed by atoms with Crippen LogP contribution in [-0.4, -0.2) is 36.1 Å². The zero-order valence-electron chi connectivity index (χ0n) is 26.2. The maximum atomic E-state index is 9.75. The molecule has 38 heavy (non-hydrogen) atoms. The first-order valence-electron chi connectivity index (χ1n) is 16.7. The normalized spacial score (nSPS) is 49.3. The Hall–Kier alpha value is -0.120. The average molecular weight is 531 g/mol. The minimum absolute atomic E-state index is 0.0343. The summed E-state index contributed by atoms with van der Waals surface area (Å²) in [4.78, 5) is 0. The molecular formula is C35H62O3. The first kappa shape index (κ1) is 29.4. The molecule has 5 rings (SSSR count). The van der Waals surface area contributed by atoms with Gasteiger partial charge in [-0.05, 0) is 140 Å². The van der Waals surface area contributed by atoms with Gasteiger partial charge in [0, 0.05) is 0 Å². The molecule has 220 valence electrons. The van der Waals surface area contributed by atoms with E-state index in [1.165, 1.54) is 70.6 Å². The van der Waals surface area contributed by atoms with E-state index in [0.29, 0.717) is 39.6 Å². The van der Waals surface area contributed by atoms with Crippen LogP contribution in [-0.2, 0) is 4.74 Å². The fourth-order valence-electron chi connectivity index (χ4n) is 13.1. The van der Waals surface area contributed by atoms with Crippen molar-refractivity contribution in [3.05, 3.63) is 0 Å². The summed E-state index contributed by atoms with van der Waals surface area (Å²) in [5.41, 5.74) is 2.52. The summed E-state index contributed by atoms with van der Waals surface area (Å²) in [6.45, 7) is 19.1. The van der Waals surface area contributed by atoms with Gasteiger partial charge < -0.3 is 14.9 Å². The second-order valence-electron chi connectivity index (χ2n) is 16.8. The van der Waals surface area contributed by atoms with Crippen LogP contribution >= 0.6 is 0 Å². The van der Waals surface area contributed by atoms with Gasteiger partial charge in [0.15, 0.2) is 0 Å². The van der Waals surface area contributed by atoms with Gasteiger partial charge in [-0.3, -0.25) is 0 Å². The Morgan fingerprint density at radius 2 is 1.37 bits per heavy atom. The minimum Gasteiger partial charge on any atom is -0.394 e. The van der Waals surface area contributed by atoms with Crippen molar-refractivity contribution in [1.29, 1.82) is 0 Å². The summed E-state index contributed by atoms with van der Waals surface area (Å²) < 4.78 is 5.68. The highest BCUT2D eigenvalue weighted by atomic mass is 16.5.